The Hall–Kier alpha value is -0.940. The average Bonchev–Trinajstić information content (AvgIpc) is 2.54. The summed E-state index contributed by atoms with van der Waals surface area (Å²) < 4.78 is 15.8. The first-order valence-corrected chi connectivity index (χ1v) is 5.22. The van der Waals surface area contributed by atoms with Crippen LogP contribution in [0.3, 0.4) is 0 Å². The van der Waals surface area contributed by atoms with Crippen LogP contribution in [0.1, 0.15) is 27.7 Å². The van der Waals surface area contributed by atoms with Gasteiger partial charge < -0.3 is 19.0 Å². The number of rotatable bonds is 4. The molecule has 1 rings (SSSR count). The Morgan fingerprint density at radius 2 is 2.19 bits per heavy atom. The number of carbonyl (C=O) groups is 2. The number of esters is 1. The van der Waals surface area contributed by atoms with Crippen molar-refractivity contribution >= 4 is 12.3 Å². The molecule has 1 heterocycles. The molecule has 0 N–H and O–H groups in total. The predicted octanol–water partition coefficient (Wildman–Crippen LogP) is 0.906. The Morgan fingerprint density at radius 1 is 1.56 bits per heavy atom. The van der Waals surface area contributed by atoms with Gasteiger partial charge in [-0.25, -0.2) is 0 Å². The molecule has 5 nitrogen and oxygen atoms in total. The molecule has 92 valence electrons. The second-order valence-electron chi connectivity index (χ2n) is 4.89. The van der Waals surface area contributed by atoms with Crippen molar-refractivity contribution in [3.63, 3.8) is 0 Å². The van der Waals surface area contributed by atoms with Crippen molar-refractivity contribution in [2.75, 3.05) is 13.2 Å². The maximum atomic E-state index is 11.5. The van der Waals surface area contributed by atoms with Gasteiger partial charge in [-0.3, -0.25) is 4.79 Å². The van der Waals surface area contributed by atoms with Crippen LogP contribution in [0.2, 0.25) is 0 Å². The molecule has 1 aliphatic rings. The number of ether oxygens (including phenoxy) is 3. The van der Waals surface area contributed by atoms with Gasteiger partial charge >= 0.3 is 5.97 Å². The van der Waals surface area contributed by atoms with E-state index in [1.165, 1.54) is 13.8 Å². The third-order valence-electron chi connectivity index (χ3n) is 2.29. The maximum Gasteiger partial charge on any atom is 0.318 e. The van der Waals surface area contributed by atoms with Crippen LogP contribution in [0.25, 0.3) is 0 Å². The number of aldehydes is 1. The Bertz CT molecular complexity index is 282. The second-order valence-corrected chi connectivity index (χ2v) is 4.89. The summed E-state index contributed by atoms with van der Waals surface area (Å²) in [5.41, 5.74) is -1.10. The largest absolute Gasteiger partial charge is 0.462 e. The Kier molecular flexibility index (Phi) is 3.70. The van der Waals surface area contributed by atoms with Gasteiger partial charge in [0.05, 0.1) is 6.61 Å². The summed E-state index contributed by atoms with van der Waals surface area (Å²) in [6.45, 7) is 7.12. The van der Waals surface area contributed by atoms with Gasteiger partial charge in [0, 0.05) is 0 Å². The van der Waals surface area contributed by atoms with E-state index in [0.717, 1.165) is 0 Å². The lowest BCUT2D eigenvalue weighted by Crippen LogP contribution is -2.32. The van der Waals surface area contributed by atoms with Gasteiger partial charge in [0.15, 0.2) is 5.79 Å². The van der Waals surface area contributed by atoms with Crippen molar-refractivity contribution in [2.45, 2.75) is 39.6 Å². The molecule has 0 amide bonds. The van der Waals surface area contributed by atoms with E-state index in [1.54, 1.807) is 13.8 Å². The van der Waals surface area contributed by atoms with Crippen molar-refractivity contribution in [1.29, 1.82) is 0 Å². The van der Waals surface area contributed by atoms with E-state index in [0.29, 0.717) is 12.9 Å². The summed E-state index contributed by atoms with van der Waals surface area (Å²) in [4.78, 5) is 22.1. The van der Waals surface area contributed by atoms with Crippen LogP contribution < -0.4 is 0 Å². The third-order valence-corrected chi connectivity index (χ3v) is 2.29. The van der Waals surface area contributed by atoms with Gasteiger partial charge in [0.2, 0.25) is 0 Å². The fraction of sp³-hybridized carbons (Fsp3) is 0.818. The van der Waals surface area contributed by atoms with Crippen LogP contribution in [0.5, 0.6) is 0 Å². The standard InChI is InChI=1S/C11H18O5/c1-10(2,7-12)9(13)14-5-8-6-15-11(3,4)16-8/h7-8H,5-6H2,1-4H3. The van der Waals surface area contributed by atoms with E-state index in [4.69, 9.17) is 14.2 Å². The molecule has 0 aliphatic carbocycles. The molecular formula is C11H18O5. The van der Waals surface area contributed by atoms with Crippen molar-refractivity contribution in [3.05, 3.63) is 0 Å². The zero-order valence-corrected chi connectivity index (χ0v) is 10.1. The number of hydrogen-bond acceptors (Lipinski definition) is 5. The fourth-order valence-corrected chi connectivity index (χ4v) is 1.25. The monoisotopic (exact) mass is 230 g/mol. The Labute approximate surface area is 95.0 Å². The third kappa shape index (κ3) is 3.28. The van der Waals surface area contributed by atoms with E-state index in [9.17, 15) is 9.59 Å². The highest BCUT2D eigenvalue weighted by Gasteiger charge is 2.35. The first-order chi connectivity index (χ1) is 7.27. The molecule has 0 aromatic carbocycles. The smallest absolute Gasteiger partial charge is 0.318 e. The quantitative estimate of drug-likeness (QED) is 0.408. The highest BCUT2D eigenvalue weighted by molar-refractivity contribution is 5.92. The Morgan fingerprint density at radius 3 is 2.62 bits per heavy atom. The van der Waals surface area contributed by atoms with E-state index in [1.807, 2.05) is 0 Å². The number of carbonyl (C=O) groups excluding carboxylic acids is 2. The molecule has 1 fully saturated rings. The number of hydrogen-bond donors (Lipinski definition) is 0. The zero-order valence-electron chi connectivity index (χ0n) is 10.1. The van der Waals surface area contributed by atoms with Gasteiger partial charge in [-0.2, -0.15) is 0 Å². The highest BCUT2D eigenvalue weighted by Crippen LogP contribution is 2.23. The molecule has 0 aromatic heterocycles. The van der Waals surface area contributed by atoms with Crippen LogP contribution in [-0.4, -0.2) is 37.4 Å². The van der Waals surface area contributed by atoms with E-state index in [-0.39, 0.29) is 12.7 Å². The zero-order chi connectivity index (χ0) is 12.4. The minimum absolute atomic E-state index is 0.111. The lowest BCUT2D eigenvalue weighted by molar-refractivity contribution is -0.165. The summed E-state index contributed by atoms with van der Waals surface area (Å²) in [5.74, 6) is -1.17. The molecule has 0 bridgehead atoms. The first kappa shape index (κ1) is 13.1. The summed E-state index contributed by atoms with van der Waals surface area (Å²) in [7, 11) is 0. The van der Waals surface area contributed by atoms with Gasteiger partial charge in [0.1, 0.15) is 24.4 Å². The topological polar surface area (TPSA) is 61.8 Å². The van der Waals surface area contributed by atoms with Crippen LogP contribution in [0.4, 0.5) is 0 Å². The van der Waals surface area contributed by atoms with Crippen molar-refractivity contribution in [1.82, 2.24) is 0 Å². The van der Waals surface area contributed by atoms with Crippen LogP contribution in [0.15, 0.2) is 0 Å². The van der Waals surface area contributed by atoms with Crippen molar-refractivity contribution < 1.29 is 23.8 Å². The molecule has 1 unspecified atom stereocenters. The molecule has 1 aliphatic heterocycles. The van der Waals surface area contributed by atoms with E-state index >= 15 is 0 Å². The highest BCUT2D eigenvalue weighted by atomic mass is 16.7. The van der Waals surface area contributed by atoms with Crippen molar-refractivity contribution in [3.8, 4) is 0 Å². The van der Waals surface area contributed by atoms with Gasteiger partial charge in [-0.05, 0) is 27.7 Å². The maximum absolute atomic E-state index is 11.5. The van der Waals surface area contributed by atoms with E-state index < -0.39 is 17.2 Å². The lowest BCUT2D eigenvalue weighted by Gasteiger charge is -2.19. The molecule has 0 spiro atoms. The minimum atomic E-state index is -1.10. The molecular weight excluding hydrogens is 212 g/mol. The summed E-state index contributed by atoms with van der Waals surface area (Å²) in [6.07, 6.45) is 0.312. The Balaban J connectivity index is 2.36. The summed E-state index contributed by atoms with van der Waals surface area (Å²) in [6, 6.07) is 0. The van der Waals surface area contributed by atoms with Crippen LogP contribution in [0, 0.1) is 5.41 Å². The molecule has 5 heteroatoms. The van der Waals surface area contributed by atoms with E-state index in [2.05, 4.69) is 0 Å². The molecule has 1 saturated heterocycles. The lowest BCUT2D eigenvalue weighted by atomic mass is 9.96. The first-order valence-electron chi connectivity index (χ1n) is 5.22. The predicted molar refractivity (Wildman–Crippen MR) is 55.7 cm³/mol. The molecule has 0 saturated carbocycles. The SMILES string of the molecule is CC1(C)OCC(COC(=O)C(C)(C)C=O)O1. The van der Waals surface area contributed by atoms with Crippen LogP contribution >= 0.6 is 0 Å². The normalized spacial score (nSPS) is 24.1. The molecule has 0 aromatic rings. The minimum Gasteiger partial charge on any atom is -0.462 e. The fourth-order valence-electron chi connectivity index (χ4n) is 1.25. The summed E-state index contributed by atoms with van der Waals surface area (Å²) >= 11 is 0. The van der Waals surface area contributed by atoms with Gasteiger partial charge in [-0.15, -0.1) is 0 Å². The molecule has 1 atom stereocenters. The summed E-state index contributed by atoms with van der Waals surface area (Å²) in [5, 5.41) is 0. The van der Waals surface area contributed by atoms with Crippen molar-refractivity contribution in [2.24, 2.45) is 5.41 Å². The molecule has 16 heavy (non-hydrogen) atoms. The van der Waals surface area contributed by atoms with Crippen LogP contribution in [-0.2, 0) is 23.8 Å². The van der Waals surface area contributed by atoms with Gasteiger partial charge in [0.25, 0.3) is 0 Å². The second kappa shape index (κ2) is 4.51. The average molecular weight is 230 g/mol. The molecule has 0 radical (unpaired) electrons. The van der Waals surface area contributed by atoms with Gasteiger partial charge in [-0.1, -0.05) is 0 Å².